The third-order valence-corrected chi connectivity index (χ3v) is 3.71. The Hall–Kier alpha value is -2.12. The molecule has 2 N–H and O–H groups in total. The summed E-state index contributed by atoms with van der Waals surface area (Å²) in [5.41, 5.74) is 1.20. The SMILES string of the molecule is COCCNC(=O)NC(=O)CN1CCN(c2ccccc2)CC1. The van der Waals surface area contributed by atoms with E-state index < -0.39 is 6.03 Å². The fraction of sp³-hybridized carbons (Fsp3) is 0.500. The number of carbonyl (C=O) groups is 2. The molecule has 0 spiro atoms. The van der Waals surface area contributed by atoms with Gasteiger partial charge in [-0.2, -0.15) is 0 Å². The maximum atomic E-state index is 11.8. The molecule has 1 saturated heterocycles. The second kappa shape index (κ2) is 9.12. The van der Waals surface area contributed by atoms with Crippen molar-refractivity contribution in [3.05, 3.63) is 30.3 Å². The Morgan fingerprint density at radius 1 is 1.13 bits per heavy atom. The van der Waals surface area contributed by atoms with Crippen molar-refractivity contribution < 1.29 is 14.3 Å². The molecule has 0 bridgehead atoms. The summed E-state index contributed by atoms with van der Waals surface area (Å²) in [6.45, 7) is 4.38. The van der Waals surface area contributed by atoms with Gasteiger partial charge in [0.2, 0.25) is 5.91 Å². The summed E-state index contributed by atoms with van der Waals surface area (Å²) in [6, 6.07) is 9.76. The number of carbonyl (C=O) groups excluding carboxylic acids is 2. The Bertz CT molecular complexity index is 501. The van der Waals surface area contributed by atoms with E-state index in [1.165, 1.54) is 5.69 Å². The number of benzene rings is 1. The van der Waals surface area contributed by atoms with Gasteiger partial charge in [-0.15, -0.1) is 0 Å². The fourth-order valence-corrected chi connectivity index (χ4v) is 2.48. The van der Waals surface area contributed by atoms with E-state index in [0.717, 1.165) is 26.2 Å². The molecule has 1 aromatic carbocycles. The van der Waals surface area contributed by atoms with Crippen LogP contribution in [0.2, 0.25) is 0 Å². The van der Waals surface area contributed by atoms with E-state index in [0.29, 0.717) is 13.2 Å². The molecule has 2 rings (SSSR count). The van der Waals surface area contributed by atoms with Gasteiger partial charge in [0.25, 0.3) is 0 Å². The lowest BCUT2D eigenvalue weighted by Gasteiger charge is -2.35. The number of anilines is 1. The normalized spacial score (nSPS) is 15.3. The van der Waals surface area contributed by atoms with Crippen molar-refractivity contribution in [1.29, 1.82) is 0 Å². The van der Waals surface area contributed by atoms with E-state index in [1.807, 2.05) is 18.2 Å². The van der Waals surface area contributed by atoms with E-state index >= 15 is 0 Å². The number of ether oxygens (including phenoxy) is 1. The van der Waals surface area contributed by atoms with Crippen molar-refractivity contribution in [3.8, 4) is 0 Å². The third-order valence-electron chi connectivity index (χ3n) is 3.71. The molecule has 0 saturated carbocycles. The number of para-hydroxylation sites is 1. The molecule has 1 fully saturated rings. The molecule has 1 aromatic rings. The first-order chi connectivity index (χ1) is 11.2. The van der Waals surface area contributed by atoms with Crippen LogP contribution in [-0.2, 0) is 9.53 Å². The van der Waals surface area contributed by atoms with Crippen molar-refractivity contribution >= 4 is 17.6 Å². The third kappa shape index (κ3) is 5.88. The molecule has 23 heavy (non-hydrogen) atoms. The van der Waals surface area contributed by atoms with Crippen molar-refractivity contribution in [2.75, 3.05) is 57.9 Å². The number of imide groups is 1. The van der Waals surface area contributed by atoms with E-state index in [9.17, 15) is 9.59 Å². The van der Waals surface area contributed by atoms with E-state index in [-0.39, 0.29) is 12.5 Å². The first-order valence-corrected chi connectivity index (χ1v) is 7.78. The van der Waals surface area contributed by atoms with Crippen LogP contribution in [0.1, 0.15) is 0 Å². The van der Waals surface area contributed by atoms with E-state index in [1.54, 1.807) is 7.11 Å². The highest BCUT2D eigenvalue weighted by molar-refractivity contribution is 5.95. The molecule has 0 aliphatic carbocycles. The number of hydrogen-bond acceptors (Lipinski definition) is 5. The van der Waals surface area contributed by atoms with Crippen LogP contribution < -0.4 is 15.5 Å². The maximum absolute atomic E-state index is 11.8. The minimum absolute atomic E-state index is 0.236. The van der Waals surface area contributed by atoms with Gasteiger partial charge in [0.1, 0.15) is 0 Å². The molecule has 0 radical (unpaired) electrons. The second-order valence-electron chi connectivity index (χ2n) is 5.40. The molecule has 1 heterocycles. The number of methoxy groups -OCH3 is 1. The Morgan fingerprint density at radius 3 is 2.48 bits per heavy atom. The van der Waals surface area contributed by atoms with E-state index in [4.69, 9.17) is 4.74 Å². The molecule has 7 nitrogen and oxygen atoms in total. The van der Waals surface area contributed by atoms with Gasteiger partial charge in [-0.1, -0.05) is 18.2 Å². The van der Waals surface area contributed by atoms with Gasteiger partial charge in [0, 0.05) is 45.5 Å². The lowest BCUT2D eigenvalue weighted by atomic mass is 10.2. The first kappa shape index (κ1) is 17.2. The highest BCUT2D eigenvalue weighted by Gasteiger charge is 2.19. The lowest BCUT2D eigenvalue weighted by molar-refractivity contribution is -0.121. The summed E-state index contributed by atoms with van der Waals surface area (Å²) in [4.78, 5) is 27.7. The Kier molecular flexibility index (Phi) is 6.83. The number of hydrogen-bond donors (Lipinski definition) is 2. The number of piperazine rings is 1. The zero-order valence-corrected chi connectivity index (χ0v) is 13.5. The van der Waals surface area contributed by atoms with Crippen LogP contribution in [0, 0.1) is 0 Å². The van der Waals surface area contributed by atoms with Gasteiger partial charge in [-0.25, -0.2) is 4.79 Å². The van der Waals surface area contributed by atoms with Crippen LogP contribution in [0.25, 0.3) is 0 Å². The van der Waals surface area contributed by atoms with Crippen molar-refractivity contribution in [2.45, 2.75) is 0 Å². The molecule has 1 aliphatic rings. The van der Waals surface area contributed by atoms with Crippen molar-refractivity contribution in [3.63, 3.8) is 0 Å². The van der Waals surface area contributed by atoms with Crippen LogP contribution >= 0.6 is 0 Å². The summed E-state index contributed by atoms with van der Waals surface area (Å²) < 4.78 is 4.82. The molecule has 0 unspecified atom stereocenters. The highest BCUT2D eigenvalue weighted by atomic mass is 16.5. The predicted molar refractivity (Wildman–Crippen MR) is 88.5 cm³/mol. The molecule has 0 atom stereocenters. The van der Waals surface area contributed by atoms with Crippen molar-refractivity contribution in [1.82, 2.24) is 15.5 Å². The molecule has 3 amide bonds. The average molecular weight is 320 g/mol. The van der Waals surface area contributed by atoms with Gasteiger partial charge < -0.3 is 15.0 Å². The second-order valence-corrected chi connectivity index (χ2v) is 5.40. The monoisotopic (exact) mass is 320 g/mol. The predicted octanol–water partition coefficient (Wildman–Crippen LogP) is 0.281. The van der Waals surface area contributed by atoms with Gasteiger partial charge in [0.05, 0.1) is 13.2 Å². The maximum Gasteiger partial charge on any atom is 0.321 e. The van der Waals surface area contributed by atoms with Gasteiger partial charge in [0.15, 0.2) is 0 Å². The summed E-state index contributed by atoms with van der Waals surface area (Å²) in [6.07, 6.45) is 0. The quantitative estimate of drug-likeness (QED) is 0.737. The molecule has 0 aromatic heterocycles. The van der Waals surface area contributed by atoms with Crippen LogP contribution in [0.3, 0.4) is 0 Å². The zero-order chi connectivity index (χ0) is 16.5. The molecule has 126 valence electrons. The van der Waals surface area contributed by atoms with Crippen LogP contribution in [0.5, 0.6) is 0 Å². The van der Waals surface area contributed by atoms with E-state index in [2.05, 4.69) is 32.6 Å². The minimum Gasteiger partial charge on any atom is -0.383 e. The Balaban J connectivity index is 1.67. The van der Waals surface area contributed by atoms with Crippen LogP contribution in [-0.4, -0.2) is 69.8 Å². The zero-order valence-electron chi connectivity index (χ0n) is 13.5. The van der Waals surface area contributed by atoms with Gasteiger partial charge >= 0.3 is 6.03 Å². The molecular formula is C16H24N4O3. The summed E-state index contributed by atoms with van der Waals surface area (Å²) in [5, 5.41) is 4.89. The van der Waals surface area contributed by atoms with Crippen LogP contribution in [0.15, 0.2) is 30.3 Å². The number of rotatable bonds is 6. The molecule has 7 heteroatoms. The largest absolute Gasteiger partial charge is 0.383 e. The smallest absolute Gasteiger partial charge is 0.321 e. The van der Waals surface area contributed by atoms with Crippen molar-refractivity contribution in [2.24, 2.45) is 0 Å². The Labute approximate surface area is 136 Å². The fourth-order valence-electron chi connectivity index (χ4n) is 2.48. The standard InChI is InChI=1S/C16H24N4O3/c1-23-12-7-17-16(22)18-15(21)13-19-8-10-20(11-9-19)14-5-3-2-4-6-14/h2-6H,7-13H2,1H3,(H2,17,18,21,22). The lowest BCUT2D eigenvalue weighted by Crippen LogP contribution is -2.51. The number of nitrogens with zero attached hydrogens (tertiary/aromatic N) is 2. The summed E-state index contributed by atoms with van der Waals surface area (Å²) >= 11 is 0. The van der Waals surface area contributed by atoms with Gasteiger partial charge in [-0.3, -0.25) is 15.0 Å². The van der Waals surface area contributed by atoms with Crippen LogP contribution in [0.4, 0.5) is 10.5 Å². The number of nitrogens with one attached hydrogen (secondary N) is 2. The van der Waals surface area contributed by atoms with Gasteiger partial charge in [-0.05, 0) is 12.1 Å². The summed E-state index contributed by atoms with van der Waals surface area (Å²) in [7, 11) is 1.56. The first-order valence-electron chi connectivity index (χ1n) is 7.78. The Morgan fingerprint density at radius 2 is 1.83 bits per heavy atom. The molecule has 1 aliphatic heterocycles. The molecular weight excluding hydrogens is 296 g/mol. The number of amides is 3. The minimum atomic E-state index is -0.477. The summed E-state index contributed by atoms with van der Waals surface area (Å²) in [5.74, 6) is -0.284. The highest BCUT2D eigenvalue weighted by Crippen LogP contribution is 2.15. The topological polar surface area (TPSA) is 73.9 Å². The number of urea groups is 1. The average Bonchev–Trinajstić information content (AvgIpc) is 2.56.